The highest BCUT2D eigenvalue weighted by Gasteiger charge is 2.20. The SMILES string of the molecule is COc1ccccc1CCNC(=O)CN(CC(C)C)S(C)(=O)=O. The first-order chi connectivity index (χ1) is 10.7. The average molecular weight is 342 g/mol. The zero-order valence-corrected chi connectivity index (χ0v) is 15.0. The highest BCUT2D eigenvalue weighted by molar-refractivity contribution is 7.88. The molecule has 0 atom stereocenters. The number of amides is 1. The summed E-state index contributed by atoms with van der Waals surface area (Å²) in [5, 5.41) is 2.76. The van der Waals surface area contributed by atoms with Gasteiger partial charge in [0.25, 0.3) is 0 Å². The van der Waals surface area contributed by atoms with Crippen molar-refractivity contribution >= 4 is 15.9 Å². The number of para-hydroxylation sites is 1. The Kier molecular flexibility index (Phi) is 7.51. The molecule has 0 aliphatic carbocycles. The molecular weight excluding hydrogens is 316 g/mol. The molecule has 0 aliphatic rings. The number of carbonyl (C=O) groups excluding carboxylic acids is 1. The molecule has 1 N–H and O–H groups in total. The summed E-state index contributed by atoms with van der Waals surface area (Å²) >= 11 is 0. The highest BCUT2D eigenvalue weighted by atomic mass is 32.2. The zero-order chi connectivity index (χ0) is 17.5. The zero-order valence-electron chi connectivity index (χ0n) is 14.2. The van der Waals surface area contributed by atoms with Crippen molar-refractivity contribution in [1.82, 2.24) is 9.62 Å². The van der Waals surface area contributed by atoms with Crippen molar-refractivity contribution in [3.63, 3.8) is 0 Å². The normalized spacial score (nSPS) is 11.7. The molecular formula is C16H26N2O4S. The summed E-state index contributed by atoms with van der Waals surface area (Å²) in [7, 11) is -1.79. The predicted molar refractivity (Wildman–Crippen MR) is 91.0 cm³/mol. The fourth-order valence-electron chi connectivity index (χ4n) is 2.19. The number of methoxy groups -OCH3 is 1. The second-order valence-corrected chi connectivity index (χ2v) is 7.84. The van der Waals surface area contributed by atoms with Gasteiger partial charge in [0.15, 0.2) is 0 Å². The first-order valence-electron chi connectivity index (χ1n) is 7.57. The van der Waals surface area contributed by atoms with Crippen molar-refractivity contribution in [2.45, 2.75) is 20.3 Å². The lowest BCUT2D eigenvalue weighted by molar-refractivity contribution is -0.121. The van der Waals surface area contributed by atoms with Crippen LogP contribution in [0.4, 0.5) is 0 Å². The lowest BCUT2D eigenvalue weighted by Crippen LogP contribution is -2.42. The van der Waals surface area contributed by atoms with Gasteiger partial charge < -0.3 is 10.1 Å². The van der Waals surface area contributed by atoms with Crippen LogP contribution in [-0.4, -0.2) is 51.6 Å². The third-order valence-corrected chi connectivity index (χ3v) is 4.48. The van der Waals surface area contributed by atoms with Crippen LogP contribution in [0.5, 0.6) is 5.75 Å². The van der Waals surface area contributed by atoms with Gasteiger partial charge in [-0.1, -0.05) is 32.0 Å². The van der Waals surface area contributed by atoms with Gasteiger partial charge in [-0.25, -0.2) is 8.42 Å². The molecule has 0 fully saturated rings. The summed E-state index contributed by atoms with van der Waals surface area (Å²) < 4.78 is 29.9. The Bertz CT molecular complexity index is 614. The molecule has 0 spiro atoms. The number of hydrogen-bond acceptors (Lipinski definition) is 4. The lowest BCUT2D eigenvalue weighted by Gasteiger charge is -2.21. The molecule has 6 nitrogen and oxygen atoms in total. The molecule has 0 unspecified atom stereocenters. The Morgan fingerprint density at radius 2 is 1.96 bits per heavy atom. The summed E-state index contributed by atoms with van der Waals surface area (Å²) in [4.78, 5) is 12.0. The first kappa shape index (κ1) is 19.4. The second-order valence-electron chi connectivity index (χ2n) is 5.86. The predicted octanol–water partition coefficient (Wildman–Crippen LogP) is 1.27. The van der Waals surface area contributed by atoms with Gasteiger partial charge in [0.1, 0.15) is 5.75 Å². The standard InChI is InChI=1S/C16H26N2O4S/c1-13(2)11-18(23(4,20)21)12-16(19)17-10-9-14-7-5-6-8-15(14)22-3/h5-8,13H,9-12H2,1-4H3,(H,17,19). The Hall–Kier alpha value is -1.60. The average Bonchev–Trinajstić information content (AvgIpc) is 2.45. The Balaban J connectivity index is 2.52. The molecule has 1 aromatic rings. The van der Waals surface area contributed by atoms with Gasteiger partial charge in [-0.15, -0.1) is 0 Å². The van der Waals surface area contributed by atoms with Crippen LogP contribution in [0.1, 0.15) is 19.4 Å². The Labute approximate surface area is 138 Å². The third-order valence-electron chi connectivity index (χ3n) is 3.27. The van der Waals surface area contributed by atoms with E-state index in [0.717, 1.165) is 17.6 Å². The van der Waals surface area contributed by atoms with E-state index in [1.165, 1.54) is 4.31 Å². The molecule has 130 valence electrons. The van der Waals surface area contributed by atoms with Gasteiger partial charge in [0, 0.05) is 13.1 Å². The summed E-state index contributed by atoms with van der Waals surface area (Å²) in [5.74, 6) is 0.636. The summed E-state index contributed by atoms with van der Waals surface area (Å²) in [6.45, 7) is 4.44. The maximum absolute atomic E-state index is 12.0. The quantitative estimate of drug-likeness (QED) is 0.733. The summed E-state index contributed by atoms with van der Waals surface area (Å²) in [6.07, 6.45) is 1.75. The maximum atomic E-state index is 12.0. The van der Waals surface area contributed by atoms with Gasteiger partial charge in [-0.2, -0.15) is 4.31 Å². The van der Waals surface area contributed by atoms with Crippen molar-refractivity contribution in [1.29, 1.82) is 0 Å². The topological polar surface area (TPSA) is 75.7 Å². The number of carbonyl (C=O) groups is 1. The van der Waals surface area contributed by atoms with Crippen LogP contribution in [0.2, 0.25) is 0 Å². The van der Waals surface area contributed by atoms with Crippen molar-refractivity contribution in [2.75, 3.05) is 33.0 Å². The van der Waals surface area contributed by atoms with Crippen LogP contribution in [0.3, 0.4) is 0 Å². The molecule has 0 aliphatic heterocycles. The maximum Gasteiger partial charge on any atom is 0.235 e. The van der Waals surface area contributed by atoms with Crippen molar-refractivity contribution in [2.24, 2.45) is 5.92 Å². The smallest absolute Gasteiger partial charge is 0.235 e. The van der Waals surface area contributed by atoms with E-state index in [4.69, 9.17) is 4.74 Å². The van der Waals surface area contributed by atoms with Crippen LogP contribution in [-0.2, 0) is 21.2 Å². The Morgan fingerprint density at radius 3 is 2.52 bits per heavy atom. The number of nitrogens with one attached hydrogen (secondary N) is 1. The fourth-order valence-corrected chi connectivity index (χ4v) is 3.11. The van der Waals surface area contributed by atoms with Gasteiger partial charge in [-0.05, 0) is 24.0 Å². The van der Waals surface area contributed by atoms with E-state index in [1.807, 2.05) is 38.1 Å². The molecule has 0 saturated heterocycles. The van der Waals surface area contributed by atoms with E-state index in [-0.39, 0.29) is 18.4 Å². The van der Waals surface area contributed by atoms with Crippen molar-refractivity contribution < 1.29 is 17.9 Å². The molecule has 1 aromatic carbocycles. The van der Waals surface area contributed by atoms with Crippen molar-refractivity contribution in [3.05, 3.63) is 29.8 Å². The van der Waals surface area contributed by atoms with Crippen LogP contribution in [0, 0.1) is 5.92 Å². The van der Waals surface area contributed by atoms with Crippen LogP contribution >= 0.6 is 0 Å². The third kappa shape index (κ3) is 7.00. The number of rotatable bonds is 9. The van der Waals surface area contributed by atoms with E-state index in [1.54, 1.807) is 7.11 Å². The number of ether oxygens (including phenoxy) is 1. The van der Waals surface area contributed by atoms with Gasteiger partial charge >= 0.3 is 0 Å². The van der Waals surface area contributed by atoms with Crippen LogP contribution in [0.15, 0.2) is 24.3 Å². The van der Waals surface area contributed by atoms with Crippen molar-refractivity contribution in [3.8, 4) is 5.75 Å². The monoisotopic (exact) mass is 342 g/mol. The number of benzene rings is 1. The molecule has 0 aromatic heterocycles. The Morgan fingerprint density at radius 1 is 1.30 bits per heavy atom. The largest absolute Gasteiger partial charge is 0.496 e. The minimum Gasteiger partial charge on any atom is -0.496 e. The molecule has 0 bridgehead atoms. The first-order valence-corrected chi connectivity index (χ1v) is 9.42. The molecule has 0 radical (unpaired) electrons. The number of hydrogen-bond donors (Lipinski definition) is 1. The fraction of sp³-hybridized carbons (Fsp3) is 0.562. The summed E-state index contributed by atoms with van der Waals surface area (Å²) in [6, 6.07) is 7.60. The molecule has 1 rings (SSSR count). The molecule has 7 heteroatoms. The minimum atomic E-state index is -3.39. The van der Waals surface area contributed by atoms with Gasteiger partial charge in [0.2, 0.25) is 15.9 Å². The molecule has 0 saturated carbocycles. The van der Waals surface area contributed by atoms with Crippen LogP contribution in [0.25, 0.3) is 0 Å². The van der Waals surface area contributed by atoms with Gasteiger partial charge in [-0.3, -0.25) is 4.79 Å². The molecule has 1 amide bonds. The number of sulfonamides is 1. The van der Waals surface area contributed by atoms with E-state index >= 15 is 0 Å². The van der Waals surface area contributed by atoms with E-state index in [2.05, 4.69) is 5.32 Å². The van der Waals surface area contributed by atoms with Crippen LogP contribution < -0.4 is 10.1 Å². The van der Waals surface area contributed by atoms with E-state index in [9.17, 15) is 13.2 Å². The van der Waals surface area contributed by atoms with E-state index < -0.39 is 10.0 Å². The highest BCUT2D eigenvalue weighted by Crippen LogP contribution is 2.17. The lowest BCUT2D eigenvalue weighted by atomic mass is 10.1. The summed E-state index contributed by atoms with van der Waals surface area (Å²) in [5.41, 5.74) is 0.998. The number of nitrogens with zero attached hydrogens (tertiary/aromatic N) is 1. The molecule has 23 heavy (non-hydrogen) atoms. The molecule has 0 heterocycles. The van der Waals surface area contributed by atoms with Gasteiger partial charge in [0.05, 0.1) is 19.9 Å². The second kappa shape index (κ2) is 8.88. The van der Waals surface area contributed by atoms with E-state index in [0.29, 0.717) is 19.5 Å². The minimum absolute atomic E-state index is 0.150.